The lowest BCUT2D eigenvalue weighted by molar-refractivity contribution is 1.20. The Morgan fingerprint density at radius 1 is 0.468 bits per heavy atom. The third kappa shape index (κ3) is 3.82. The number of rotatable bonds is 3. The maximum Gasteiger partial charge on any atom is 0.0992 e. The highest BCUT2D eigenvalue weighted by molar-refractivity contribution is 7.27. The molecule has 0 saturated heterocycles. The summed E-state index contributed by atoms with van der Waals surface area (Å²) in [5.41, 5.74) is 8.98. The fourth-order valence-corrected chi connectivity index (χ4v) is 9.99. The summed E-state index contributed by atoms with van der Waals surface area (Å²) in [6.45, 7) is 0. The van der Waals surface area contributed by atoms with Crippen LogP contribution in [-0.2, 0) is 0 Å². The van der Waals surface area contributed by atoms with Gasteiger partial charge in [-0.3, -0.25) is 0 Å². The Hall–Kier alpha value is -5.73. The molecule has 0 atom stereocenters. The largest absolute Gasteiger partial charge is 0.308 e. The minimum absolute atomic E-state index is 0.662. The minimum atomic E-state index is 0.662. The van der Waals surface area contributed by atoms with Crippen molar-refractivity contribution in [3.8, 4) is 34.0 Å². The van der Waals surface area contributed by atoms with Crippen LogP contribution in [0, 0.1) is 11.3 Å². The lowest BCUT2D eigenvalue weighted by Gasteiger charge is -2.11. The van der Waals surface area contributed by atoms with Crippen LogP contribution in [0.5, 0.6) is 0 Å². The van der Waals surface area contributed by atoms with Crippen molar-refractivity contribution in [2.24, 2.45) is 0 Å². The lowest BCUT2D eigenvalue weighted by atomic mass is 9.94. The van der Waals surface area contributed by atoms with Gasteiger partial charge in [0.15, 0.2) is 0 Å². The van der Waals surface area contributed by atoms with Crippen LogP contribution < -0.4 is 0 Å². The van der Waals surface area contributed by atoms with Crippen LogP contribution >= 0.6 is 22.7 Å². The molecule has 3 aromatic heterocycles. The lowest BCUT2D eigenvalue weighted by Crippen LogP contribution is -1.94. The molecule has 7 aromatic carbocycles. The van der Waals surface area contributed by atoms with E-state index in [1.165, 1.54) is 68.0 Å². The normalized spacial score (nSPS) is 11.8. The molecule has 47 heavy (non-hydrogen) atoms. The molecule has 0 fully saturated rings. The van der Waals surface area contributed by atoms with Crippen molar-refractivity contribution < 1.29 is 0 Å². The first-order valence-electron chi connectivity index (χ1n) is 15.7. The van der Waals surface area contributed by atoms with E-state index in [2.05, 4.69) is 144 Å². The third-order valence-electron chi connectivity index (χ3n) is 9.45. The first-order chi connectivity index (χ1) is 23.3. The summed E-state index contributed by atoms with van der Waals surface area (Å²) in [7, 11) is 0. The summed E-state index contributed by atoms with van der Waals surface area (Å²) in [5.74, 6) is 0. The molecule has 218 valence electrons. The van der Waals surface area contributed by atoms with Crippen molar-refractivity contribution in [2.75, 3.05) is 0 Å². The van der Waals surface area contributed by atoms with E-state index in [0.717, 1.165) is 22.1 Å². The molecule has 0 aliphatic carbocycles. The van der Waals surface area contributed by atoms with Crippen molar-refractivity contribution in [3.05, 3.63) is 151 Å². The maximum atomic E-state index is 9.84. The van der Waals surface area contributed by atoms with Gasteiger partial charge in [0, 0.05) is 52.0 Å². The zero-order valence-electron chi connectivity index (χ0n) is 25.1. The molecule has 0 N–H and O–H groups in total. The van der Waals surface area contributed by atoms with Gasteiger partial charge in [0.05, 0.1) is 33.1 Å². The standard InChI is InChI=1S/C43H24N2S2/c44-25-26-20-21-30-29-12-4-6-17-36(29)45(38(30)24-26)37-18-9-16-35-40-32(23-22-28(43(40)47-42(35)37)27-10-2-1-3-11-27)34-15-8-14-33-31-13-5-7-19-39(31)46-41(33)34/h1-24H. The van der Waals surface area contributed by atoms with Crippen LogP contribution in [0.2, 0.25) is 0 Å². The van der Waals surface area contributed by atoms with Gasteiger partial charge in [-0.1, -0.05) is 115 Å². The summed E-state index contributed by atoms with van der Waals surface area (Å²) < 4.78 is 7.52. The first kappa shape index (κ1) is 26.5. The number of nitrogens with zero attached hydrogens (tertiary/aromatic N) is 2. The van der Waals surface area contributed by atoms with Crippen molar-refractivity contribution >= 4 is 84.8 Å². The van der Waals surface area contributed by atoms with E-state index < -0.39 is 0 Å². The molecule has 0 aliphatic heterocycles. The smallest absolute Gasteiger partial charge is 0.0992 e. The van der Waals surface area contributed by atoms with Gasteiger partial charge in [-0.05, 0) is 47.0 Å². The Bertz CT molecular complexity index is 2920. The van der Waals surface area contributed by atoms with Crippen LogP contribution in [0.4, 0.5) is 0 Å². The summed E-state index contributed by atoms with van der Waals surface area (Å²) >= 11 is 3.75. The van der Waals surface area contributed by atoms with E-state index in [9.17, 15) is 5.26 Å². The summed E-state index contributed by atoms with van der Waals surface area (Å²) in [6, 6.07) is 54.6. The molecule has 4 heteroatoms. The molecule has 2 nitrogen and oxygen atoms in total. The van der Waals surface area contributed by atoms with Crippen molar-refractivity contribution in [2.45, 2.75) is 0 Å². The fraction of sp³-hybridized carbons (Fsp3) is 0. The highest BCUT2D eigenvalue weighted by Gasteiger charge is 2.21. The van der Waals surface area contributed by atoms with Gasteiger partial charge in [-0.25, -0.2) is 0 Å². The molecule has 0 bridgehead atoms. The van der Waals surface area contributed by atoms with Gasteiger partial charge in [0.2, 0.25) is 0 Å². The van der Waals surface area contributed by atoms with Gasteiger partial charge in [-0.15, -0.1) is 22.7 Å². The monoisotopic (exact) mass is 632 g/mol. The molecule has 0 aliphatic rings. The Kier molecular flexibility index (Phi) is 5.71. The first-order valence-corrected chi connectivity index (χ1v) is 17.3. The minimum Gasteiger partial charge on any atom is -0.308 e. The average Bonchev–Trinajstić information content (AvgIpc) is 3.81. The van der Waals surface area contributed by atoms with Crippen LogP contribution in [0.25, 0.3) is 90.1 Å². The SMILES string of the molecule is N#Cc1ccc2c3ccccc3n(-c3cccc4c3sc3c(-c5ccccc5)ccc(-c5cccc6c5sc5ccccc56)c34)c2c1. The number of para-hydroxylation sites is 1. The molecule has 0 radical (unpaired) electrons. The second kappa shape index (κ2) is 10.1. The Morgan fingerprint density at radius 2 is 1.19 bits per heavy atom. The van der Waals surface area contributed by atoms with E-state index >= 15 is 0 Å². The third-order valence-corrected chi connectivity index (χ3v) is 11.9. The van der Waals surface area contributed by atoms with E-state index in [1.54, 1.807) is 0 Å². The molecule has 0 spiro atoms. The molecule has 0 saturated carbocycles. The van der Waals surface area contributed by atoms with Gasteiger partial charge in [0.1, 0.15) is 0 Å². The molecule has 10 rings (SSSR count). The number of thiophene rings is 2. The highest BCUT2D eigenvalue weighted by Crippen LogP contribution is 2.49. The van der Waals surface area contributed by atoms with E-state index in [1.807, 2.05) is 34.8 Å². The average molecular weight is 633 g/mol. The fourth-order valence-electron chi connectivity index (χ4n) is 7.39. The Balaban J connectivity index is 1.35. The molecule has 0 amide bonds. The number of hydrogen-bond acceptors (Lipinski definition) is 3. The second-order valence-electron chi connectivity index (χ2n) is 12.0. The topological polar surface area (TPSA) is 28.7 Å². The van der Waals surface area contributed by atoms with E-state index in [0.29, 0.717) is 5.56 Å². The Morgan fingerprint density at radius 3 is 2.09 bits per heavy atom. The predicted molar refractivity (Wildman–Crippen MR) is 202 cm³/mol. The van der Waals surface area contributed by atoms with Crippen LogP contribution in [0.15, 0.2) is 146 Å². The molecule has 0 unspecified atom stereocenters. The highest BCUT2D eigenvalue weighted by atomic mass is 32.1. The molecular formula is C43H24N2S2. The zero-order chi connectivity index (χ0) is 31.1. The molecular weight excluding hydrogens is 609 g/mol. The van der Waals surface area contributed by atoms with Crippen molar-refractivity contribution in [3.63, 3.8) is 0 Å². The quantitative estimate of drug-likeness (QED) is 0.190. The van der Waals surface area contributed by atoms with Gasteiger partial charge >= 0.3 is 0 Å². The number of benzene rings is 7. The maximum absolute atomic E-state index is 9.84. The van der Waals surface area contributed by atoms with Crippen LogP contribution in [0.1, 0.15) is 5.56 Å². The number of hydrogen-bond donors (Lipinski definition) is 0. The second-order valence-corrected chi connectivity index (χ2v) is 14.0. The van der Waals surface area contributed by atoms with Crippen LogP contribution in [0.3, 0.4) is 0 Å². The van der Waals surface area contributed by atoms with Crippen molar-refractivity contribution in [1.29, 1.82) is 5.26 Å². The summed E-state index contributed by atoms with van der Waals surface area (Å²) in [6.07, 6.45) is 0. The van der Waals surface area contributed by atoms with E-state index in [-0.39, 0.29) is 0 Å². The predicted octanol–water partition coefficient (Wildman–Crippen LogP) is 12.7. The molecule has 3 heterocycles. The number of nitriles is 1. The van der Waals surface area contributed by atoms with Gasteiger partial charge in [0.25, 0.3) is 0 Å². The number of aromatic nitrogens is 1. The van der Waals surface area contributed by atoms with Gasteiger partial charge in [-0.2, -0.15) is 5.26 Å². The summed E-state index contributed by atoms with van der Waals surface area (Å²) in [5, 5.41) is 17.3. The Labute approximate surface area is 278 Å². The van der Waals surface area contributed by atoms with E-state index in [4.69, 9.17) is 0 Å². The van der Waals surface area contributed by atoms with Crippen molar-refractivity contribution in [1.82, 2.24) is 4.57 Å². The van der Waals surface area contributed by atoms with Gasteiger partial charge < -0.3 is 4.57 Å². The zero-order valence-corrected chi connectivity index (χ0v) is 26.7. The summed E-state index contributed by atoms with van der Waals surface area (Å²) in [4.78, 5) is 0. The van der Waals surface area contributed by atoms with Crippen LogP contribution in [-0.4, -0.2) is 4.57 Å². The molecule has 10 aromatic rings. The number of fused-ring (bicyclic) bond motifs is 9.